The van der Waals surface area contributed by atoms with E-state index in [9.17, 15) is 0 Å². The normalized spacial score (nSPS) is 15.1. The van der Waals surface area contributed by atoms with Gasteiger partial charge in [-0.15, -0.1) is 0 Å². The summed E-state index contributed by atoms with van der Waals surface area (Å²) in [6.07, 6.45) is 4.33. The second-order valence-corrected chi connectivity index (χ2v) is 17.8. The van der Waals surface area contributed by atoms with Crippen LogP contribution in [0.1, 0.15) is 36.8 Å². The molecule has 0 N–H and O–H groups in total. The van der Waals surface area contributed by atoms with Crippen LogP contribution in [0.2, 0.25) is 0 Å². The molecule has 0 radical (unpaired) electrons. The Labute approximate surface area is 265 Å². The van der Waals surface area contributed by atoms with Crippen molar-refractivity contribution >= 4 is 46.1 Å². The molecule has 1 fully saturated rings. The largest absolute Gasteiger partial charge is 0.309 e. The van der Waals surface area contributed by atoms with Crippen molar-refractivity contribution in [2.24, 2.45) is 0 Å². The van der Waals surface area contributed by atoms with Gasteiger partial charge in [0.1, 0.15) is 0 Å². The van der Waals surface area contributed by atoms with Gasteiger partial charge in [-0.3, -0.25) is 0 Å². The van der Waals surface area contributed by atoms with Crippen molar-refractivity contribution in [3.05, 3.63) is 169 Å². The van der Waals surface area contributed by atoms with Crippen molar-refractivity contribution in [3.63, 3.8) is 0 Å². The van der Waals surface area contributed by atoms with Crippen molar-refractivity contribution in [2.75, 3.05) is 0 Å². The highest BCUT2D eigenvalue weighted by Crippen LogP contribution is 2.58. The molecule has 4 heteroatoms. The smallest absolute Gasteiger partial charge is 0.171 e. The number of hydrogen-bond donors (Lipinski definition) is 0. The molecule has 6 aromatic rings. The van der Waals surface area contributed by atoms with Crippen LogP contribution in [-0.4, -0.2) is 0 Å². The molecule has 6 aromatic carbocycles. The van der Waals surface area contributed by atoms with Gasteiger partial charge in [0.05, 0.1) is 0 Å². The van der Waals surface area contributed by atoms with E-state index in [0.717, 1.165) is 57.5 Å². The molecule has 1 spiro atoms. The first-order valence-corrected chi connectivity index (χ1v) is 19.2. The fourth-order valence-electron chi connectivity index (χ4n) is 7.83. The fraction of sp³-hybridized carbons (Fsp3) is 0.122. The Balaban J connectivity index is 1.33. The second-order valence-electron chi connectivity index (χ2n) is 12.3. The van der Waals surface area contributed by atoms with Crippen LogP contribution in [-0.2, 0) is 14.5 Å². The number of benzene rings is 6. The topological polar surface area (TPSA) is 34.1 Å². The van der Waals surface area contributed by atoms with Crippen molar-refractivity contribution in [1.29, 1.82) is 0 Å². The summed E-state index contributed by atoms with van der Waals surface area (Å²) in [5.74, 6) is 0. The van der Waals surface area contributed by atoms with Crippen LogP contribution in [0.15, 0.2) is 158 Å². The van der Waals surface area contributed by atoms with E-state index in [2.05, 4.69) is 36.4 Å². The summed E-state index contributed by atoms with van der Waals surface area (Å²) in [4.78, 5) is 0. The zero-order chi connectivity index (χ0) is 30.5. The molecule has 0 aliphatic heterocycles. The predicted molar refractivity (Wildman–Crippen MR) is 190 cm³/mol. The molecule has 8 rings (SSSR count). The number of fused-ring (bicyclic) bond motifs is 5. The van der Waals surface area contributed by atoms with Crippen LogP contribution >= 0.6 is 14.3 Å². The Morgan fingerprint density at radius 2 is 0.689 bits per heavy atom. The van der Waals surface area contributed by atoms with Crippen LogP contribution < -0.4 is 31.8 Å². The van der Waals surface area contributed by atoms with Crippen LogP contribution in [0, 0.1) is 0 Å². The van der Waals surface area contributed by atoms with Gasteiger partial charge in [-0.05, 0) is 47.2 Å². The molecule has 220 valence electrons. The van der Waals surface area contributed by atoms with E-state index in [4.69, 9.17) is 0 Å². The molecule has 45 heavy (non-hydrogen) atoms. The molecule has 0 amide bonds. The van der Waals surface area contributed by atoms with Crippen molar-refractivity contribution < 1.29 is 9.13 Å². The van der Waals surface area contributed by atoms with Gasteiger partial charge in [0.25, 0.3) is 0 Å². The SMILES string of the molecule is O=P(c1ccccc1)(c1ccccc1)c1ccc2c(c1)C1(CCCC1)c1cc(P(=O)(c3ccccc3)c3ccccc3)ccc1-2. The zero-order valence-electron chi connectivity index (χ0n) is 25.1. The minimum atomic E-state index is -3.12. The first-order valence-electron chi connectivity index (χ1n) is 15.8. The van der Waals surface area contributed by atoms with Crippen LogP contribution in [0.3, 0.4) is 0 Å². The molecule has 2 aliphatic carbocycles. The van der Waals surface area contributed by atoms with E-state index >= 15 is 9.13 Å². The van der Waals surface area contributed by atoms with E-state index in [1.807, 2.05) is 121 Å². The standard InChI is InChI=1S/C41H34O2P2/c42-44(31-15-5-1-6-16-31,32-17-7-2-8-18-32)35-23-25-37-38-26-24-36(30-40(38)41(39(37)29-35)27-13-14-28-41)45(43,33-19-9-3-10-20-33)34-21-11-4-12-22-34/h1-12,15-26,29-30H,13-14,27-28H2. The van der Waals surface area contributed by atoms with E-state index in [0.29, 0.717) is 0 Å². The summed E-state index contributed by atoms with van der Waals surface area (Å²) in [6.45, 7) is 0. The monoisotopic (exact) mass is 620 g/mol. The number of rotatable bonds is 6. The maximum atomic E-state index is 15.4. The number of hydrogen-bond acceptors (Lipinski definition) is 2. The Morgan fingerprint density at radius 1 is 0.378 bits per heavy atom. The minimum Gasteiger partial charge on any atom is -0.309 e. The molecule has 0 heterocycles. The lowest BCUT2D eigenvalue weighted by Gasteiger charge is -2.29. The zero-order valence-corrected chi connectivity index (χ0v) is 26.8. The Kier molecular flexibility index (Phi) is 6.90. The van der Waals surface area contributed by atoms with E-state index in [1.54, 1.807) is 0 Å². The maximum absolute atomic E-state index is 15.4. The summed E-state index contributed by atoms with van der Waals surface area (Å²) in [7, 11) is -6.24. The molecular weight excluding hydrogens is 586 g/mol. The Hall–Kier alpha value is -4.22. The van der Waals surface area contributed by atoms with Gasteiger partial charge >= 0.3 is 0 Å². The first-order chi connectivity index (χ1) is 22.0. The Bertz CT molecular complexity index is 1860. The summed E-state index contributed by atoms with van der Waals surface area (Å²) in [6, 6.07) is 52.8. The molecule has 0 unspecified atom stereocenters. The van der Waals surface area contributed by atoms with Crippen molar-refractivity contribution in [2.45, 2.75) is 31.1 Å². The lowest BCUT2D eigenvalue weighted by Crippen LogP contribution is -2.28. The second kappa shape index (κ2) is 11.0. The highest BCUT2D eigenvalue weighted by molar-refractivity contribution is 7.85. The summed E-state index contributed by atoms with van der Waals surface area (Å²) < 4.78 is 30.7. The molecule has 0 atom stereocenters. The van der Waals surface area contributed by atoms with E-state index in [-0.39, 0.29) is 5.41 Å². The average molecular weight is 621 g/mol. The van der Waals surface area contributed by atoms with Crippen LogP contribution in [0.5, 0.6) is 0 Å². The molecule has 0 aromatic heterocycles. The van der Waals surface area contributed by atoms with E-state index in [1.165, 1.54) is 22.3 Å². The highest BCUT2D eigenvalue weighted by Gasteiger charge is 2.47. The van der Waals surface area contributed by atoms with Gasteiger partial charge in [0.2, 0.25) is 0 Å². The molecule has 2 nitrogen and oxygen atoms in total. The van der Waals surface area contributed by atoms with Crippen LogP contribution in [0.25, 0.3) is 11.1 Å². The quantitative estimate of drug-likeness (QED) is 0.178. The van der Waals surface area contributed by atoms with Crippen molar-refractivity contribution in [1.82, 2.24) is 0 Å². The van der Waals surface area contributed by atoms with Gasteiger partial charge < -0.3 is 9.13 Å². The van der Waals surface area contributed by atoms with Gasteiger partial charge in [-0.1, -0.05) is 158 Å². The van der Waals surface area contributed by atoms with Gasteiger partial charge in [-0.2, -0.15) is 0 Å². The maximum Gasteiger partial charge on any atom is 0.171 e. The third-order valence-corrected chi connectivity index (χ3v) is 16.1. The highest BCUT2D eigenvalue weighted by atomic mass is 31.2. The van der Waals surface area contributed by atoms with Crippen molar-refractivity contribution in [3.8, 4) is 11.1 Å². The van der Waals surface area contributed by atoms with Crippen LogP contribution in [0.4, 0.5) is 0 Å². The third-order valence-electron chi connectivity index (χ3n) is 9.99. The minimum absolute atomic E-state index is 0.187. The third kappa shape index (κ3) is 4.31. The predicted octanol–water partition coefficient (Wildman–Crippen LogP) is 7.81. The average Bonchev–Trinajstić information content (AvgIpc) is 3.72. The summed E-state index contributed by atoms with van der Waals surface area (Å²) >= 11 is 0. The molecule has 0 bridgehead atoms. The van der Waals surface area contributed by atoms with Gasteiger partial charge in [0.15, 0.2) is 14.3 Å². The summed E-state index contributed by atoms with van der Waals surface area (Å²) in [5.41, 5.74) is 4.78. The first kappa shape index (κ1) is 28.3. The molecular formula is C41H34O2P2. The van der Waals surface area contributed by atoms with Gasteiger partial charge in [-0.25, -0.2) is 0 Å². The summed E-state index contributed by atoms with van der Waals surface area (Å²) in [5, 5.41) is 5.14. The Morgan fingerprint density at radius 3 is 1.00 bits per heavy atom. The lowest BCUT2D eigenvalue weighted by atomic mass is 9.77. The molecule has 0 saturated heterocycles. The fourth-order valence-corrected chi connectivity index (χ4v) is 13.2. The molecule has 2 aliphatic rings. The lowest BCUT2D eigenvalue weighted by molar-refractivity contribution is 0.550. The van der Waals surface area contributed by atoms with E-state index < -0.39 is 14.3 Å². The van der Waals surface area contributed by atoms with Gasteiger partial charge in [0, 0.05) is 37.2 Å². The molecule has 1 saturated carbocycles.